The number of carboxylic acids is 1. The summed E-state index contributed by atoms with van der Waals surface area (Å²) in [5.74, 6) is -0.671. The number of benzene rings is 1. The fourth-order valence-corrected chi connectivity index (χ4v) is 3.03. The van der Waals surface area contributed by atoms with Crippen LogP contribution in [0.5, 0.6) is 0 Å². The first-order chi connectivity index (χ1) is 8.98. The van der Waals surface area contributed by atoms with Gasteiger partial charge in [-0.1, -0.05) is 30.7 Å². The van der Waals surface area contributed by atoms with E-state index in [0.717, 1.165) is 23.6 Å². The molecule has 3 nitrogen and oxygen atoms in total. The van der Waals surface area contributed by atoms with Gasteiger partial charge >= 0.3 is 5.97 Å². The number of carboxylic acid groups (broad SMARTS) is 1. The van der Waals surface area contributed by atoms with Crippen molar-refractivity contribution >= 4 is 17.6 Å². The van der Waals surface area contributed by atoms with E-state index in [0.29, 0.717) is 13.0 Å². The lowest BCUT2D eigenvalue weighted by molar-refractivity contribution is -0.148. The molecule has 1 heterocycles. The molecule has 0 aromatic heterocycles. The lowest BCUT2D eigenvalue weighted by atomic mass is 9.84. The van der Waals surface area contributed by atoms with E-state index in [9.17, 15) is 9.90 Å². The number of hydrogen-bond acceptors (Lipinski definition) is 2. The zero-order valence-electron chi connectivity index (χ0n) is 11.4. The van der Waals surface area contributed by atoms with Crippen LogP contribution < -0.4 is 0 Å². The Morgan fingerprint density at radius 3 is 2.84 bits per heavy atom. The monoisotopic (exact) mass is 281 g/mol. The molecule has 0 amide bonds. The van der Waals surface area contributed by atoms with E-state index in [1.165, 1.54) is 0 Å². The summed E-state index contributed by atoms with van der Waals surface area (Å²) >= 11 is 6.02. The molecule has 1 aliphatic rings. The fourth-order valence-electron chi connectivity index (χ4n) is 2.83. The molecule has 1 aliphatic heterocycles. The van der Waals surface area contributed by atoms with Crippen LogP contribution in [-0.4, -0.2) is 29.1 Å². The highest BCUT2D eigenvalue weighted by Crippen LogP contribution is 2.38. The molecule has 1 fully saturated rings. The maximum absolute atomic E-state index is 11.5. The van der Waals surface area contributed by atoms with Gasteiger partial charge in [-0.05, 0) is 44.0 Å². The molecule has 1 saturated heterocycles. The Labute approximate surface area is 119 Å². The SMILES string of the molecule is CCC1(C(=O)O)CCN(C(C)c2cccc(Cl)c2)C1. The predicted molar refractivity (Wildman–Crippen MR) is 76.4 cm³/mol. The van der Waals surface area contributed by atoms with Gasteiger partial charge in [-0.15, -0.1) is 0 Å². The van der Waals surface area contributed by atoms with Crippen LogP contribution in [0.4, 0.5) is 0 Å². The smallest absolute Gasteiger partial charge is 0.310 e. The summed E-state index contributed by atoms with van der Waals surface area (Å²) < 4.78 is 0. The largest absolute Gasteiger partial charge is 0.481 e. The predicted octanol–water partition coefficient (Wildman–Crippen LogP) is 3.59. The van der Waals surface area contributed by atoms with E-state index in [4.69, 9.17) is 11.6 Å². The Hall–Kier alpha value is -1.06. The summed E-state index contributed by atoms with van der Waals surface area (Å²) in [4.78, 5) is 13.7. The Balaban J connectivity index is 2.14. The summed E-state index contributed by atoms with van der Waals surface area (Å²) in [5, 5.41) is 10.2. The van der Waals surface area contributed by atoms with Crippen molar-refractivity contribution in [2.45, 2.75) is 32.7 Å². The van der Waals surface area contributed by atoms with E-state index in [2.05, 4.69) is 11.8 Å². The molecular formula is C15H20ClNO2. The van der Waals surface area contributed by atoms with Crippen LogP contribution in [0.3, 0.4) is 0 Å². The van der Waals surface area contributed by atoms with Gasteiger partial charge in [0, 0.05) is 17.6 Å². The second-order valence-corrected chi connectivity index (χ2v) is 5.83. The Bertz CT molecular complexity index is 477. The average Bonchev–Trinajstić information content (AvgIpc) is 2.83. The topological polar surface area (TPSA) is 40.5 Å². The molecule has 1 N–H and O–H groups in total. The fraction of sp³-hybridized carbons (Fsp3) is 0.533. The van der Waals surface area contributed by atoms with Crippen LogP contribution in [0.25, 0.3) is 0 Å². The highest BCUT2D eigenvalue weighted by Gasteiger charge is 2.44. The van der Waals surface area contributed by atoms with E-state index in [1.54, 1.807) is 0 Å². The summed E-state index contributed by atoms with van der Waals surface area (Å²) in [6.45, 7) is 5.52. The molecule has 1 aromatic carbocycles. The minimum atomic E-state index is -0.671. The van der Waals surface area contributed by atoms with Gasteiger partial charge in [-0.3, -0.25) is 9.69 Å². The van der Waals surface area contributed by atoms with Crippen molar-refractivity contribution in [1.82, 2.24) is 4.90 Å². The number of rotatable bonds is 4. The lowest BCUT2D eigenvalue weighted by Crippen LogP contribution is -2.35. The van der Waals surface area contributed by atoms with Gasteiger partial charge < -0.3 is 5.11 Å². The Kier molecular flexibility index (Phi) is 4.16. The van der Waals surface area contributed by atoms with Crippen molar-refractivity contribution in [1.29, 1.82) is 0 Å². The first-order valence-corrected chi connectivity index (χ1v) is 7.09. The maximum atomic E-state index is 11.5. The van der Waals surface area contributed by atoms with E-state index in [-0.39, 0.29) is 6.04 Å². The maximum Gasteiger partial charge on any atom is 0.310 e. The van der Waals surface area contributed by atoms with Crippen LogP contribution in [-0.2, 0) is 4.79 Å². The third kappa shape index (κ3) is 2.77. The molecule has 2 unspecified atom stereocenters. The number of carbonyl (C=O) groups is 1. The second-order valence-electron chi connectivity index (χ2n) is 5.39. The molecule has 0 spiro atoms. The minimum Gasteiger partial charge on any atom is -0.481 e. The molecular weight excluding hydrogens is 262 g/mol. The van der Waals surface area contributed by atoms with Gasteiger partial charge in [-0.25, -0.2) is 0 Å². The van der Waals surface area contributed by atoms with Gasteiger partial charge in [0.1, 0.15) is 0 Å². The Morgan fingerprint density at radius 2 is 2.32 bits per heavy atom. The van der Waals surface area contributed by atoms with Crippen LogP contribution >= 0.6 is 11.6 Å². The third-order valence-corrected chi connectivity index (χ3v) is 4.63. The van der Waals surface area contributed by atoms with E-state index in [1.807, 2.05) is 31.2 Å². The zero-order chi connectivity index (χ0) is 14.0. The molecule has 104 valence electrons. The number of likely N-dealkylation sites (tertiary alicyclic amines) is 1. The minimum absolute atomic E-state index is 0.200. The molecule has 2 atom stereocenters. The standard InChI is InChI=1S/C15H20ClNO2/c1-3-15(14(18)19)7-8-17(10-15)11(2)12-5-4-6-13(16)9-12/h4-6,9,11H,3,7-8,10H2,1-2H3,(H,18,19). The molecule has 0 saturated carbocycles. The van der Waals surface area contributed by atoms with Crippen LogP contribution in [0.2, 0.25) is 5.02 Å². The molecule has 1 aromatic rings. The average molecular weight is 282 g/mol. The number of halogens is 1. The molecule has 2 rings (SSSR count). The second kappa shape index (κ2) is 5.51. The number of aliphatic carboxylic acids is 1. The first-order valence-electron chi connectivity index (χ1n) is 6.71. The molecule has 19 heavy (non-hydrogen) atoms. The molecule has 0 radical (unpaired) electrons. The summed E-state index contributed by atoms with van der Waals surface area (Å²) in [5.41, 5.74) is 0.567. The number of nitrogens with zero attached hydrogens (tertiary/aromatic N) is 1. The van der Waals surface area contributed by atoms with E-state index >= 15 is 0 Å². The van der Waals surface area contributed by atoms with Crippen molar-refractivity contribution in [2.24, 2.45) is 5.41 Å². The Morgan fingerprint density at radius 1 is 1.58 bits per heavy atom. The lowest BCUT2D eigenvalue weighted by Gasteiger charge is -2.27. The van der Waals surface area contributed by atoms with Crippen LogP contribution in [0.1, 0.15) is 38.3 Å². The van der Waals surface area contributed by atoms with Gasteiger partial charge in [0.15, 0.2) is 0 Å². The molecule has 0 aliphatic carbocycles. The third-order valence-electron chi connectivity index (χ3n) is 4.39. The summed E-state index contributed by atoms with van der Waals surface area (Å²) in [6, 6.07) is 8.00. The zero-order valence-corrected chi connectivity index (χ0v) is 12.2. The van der Waals surface area contributed by atoms with Crippen molar-refractivity contribution < 1.29 is 9.90 Å². The normalized spacial score (nSPS) is 25.4. The van der Waals surface area contributed by atoms with Gasteiger partial charge in [0.25, 0.3) is 0 Å². The summed E-state index contributed by atoms with van der Waals surface area (Å²) in [6.07, 6.45) is 1.41. The van der Waals surface area contributed by atoms with Gasteiger partial charge in [0.2, 0.25) is 0 Å². The van der Waals surface area contributed by atoms with Crippen LogP contribution in [0.15, 0.2) is 24.3 Å². The van der Waals surface area contributed by atoms with Gasteiger partial charge in [-0.2, -0.15) is 0 Å². The van der Waals surface area contributed by atoms with Crippen molar-refractivity contribution in [3.05, 3.63) is 34.9 Å². The molecule has 0 bridgehead atoms. The van der Waals surface area contributed by atoms with Gasteiger partial charge in [0.05, 0.1) is 5.41 Å². The molecule has 4 heteroatoms. The van der Waals surface area contributed by atoms with Crippen LogP contribution in [0, 0.1) is 5.41 Å². The van der Waals surface area contributed by atoms with E-state index < -0.39 is 11.4 Å². The highest BCUT2D eigenvalue weighted by atomic mass is 35.5. The van der Waals surface area contributed by atoms with Crippen molar-refractivity contribution in [3.8, 4) is 0 Å². The highest BCUT2D eigenvalue weighted by molar-refractivity contribution is 6.30. The first kappa shape index (κ1) is 14.4. The summed E-state index contributed by atoms with van der Waals surface area (Å²) in [7, 11) is 0. The van der Waals surface area contributed by atoms with Crippen molar-refractivity contribution in [3.63, 3.8) is 0 Å². The van der Waals surface area contributed by atoms with Crippen molar-refractivity contribution in [2.75, 3.05) is 13.1 Å². The number of hydrogen-bond donors (Lipinski definition) is 1. The quantitative estimate of drug-likeness (QED) is 0.917.